The van der Waals surface area contributed by atoms with Gasteiger partial charge in [0.1, 0.15) is 10.8 Å². The number of hydrazone groups is 1. The Bertz CT molecular complexity index is 852. The van der Waals surface area contributed by atoms with Crippen molar-refractivity contribution in [3.8, 4) is 5.75 Å². The second-order valence-corrected chi connectivity index (χ2v) is 5.56. The van der Waals surface area contributed by atoms with Crippen LogP contribution in [0.5, 0.6) is 5.75 Å². The minimum absolute atomic E-state index is 0.00700. The van der Waals surface area contributed by atoms with E-state index in [4.69, 9.17) is 16.3 Å². The average Bonchev–Trinajstić information content (AvgIpc) is 2.61. The number of nitrogens with zero attached hydrogens (tertiary/aromatic N) is 2. The second-order valence-electron chi connectivity index (χ2n) is 5.15. The van der Waals surface area contributed by atoms with Crippen LogP contribution < -0.4 is 10.2 Å². The molecule has 8 heteroatoms. The number of amides is 1. The number of hydrogen-bond acceptors (Lipinski definition) is 5. The Morgan fingerprint density at radius 3 is 2.81 bits per heavy atom. The summed E-state index contributed by atoms with van der Waals surface area (Å²) in [5.41, 5.74) is 3.57. The van der Waals surface area contributed by atoms with Gasteiger partial charge in [0.05, 0.1) is 11.1 Å². The fraction of sp³-hybridized carbons (Fsp3) is 0.111. The summed E-state index contributed by atoms with van der Waals surface area (Å²) < 4.78 is 5.49. The molecule has 0 spiro atoms. The highest BCUT2D eigenvalue weighted by Crippen LogP contribution is 2.24. The highest BCUT2D eigenvalue weighted by molar-refractivity contribution is 6.32. The van der Waals surface area contributed by atoms with Crippen LogP contribution in [0.1, 0.15) is 11.1 Å². The molecule has 2 aromatic rings. The molecule has 134 valence electrons. The van der Waals surface area contributed by atoms with Gasteiger partial charge in [-0.3, -0.25) is 14.9 Å². The van der Waals surface area contributed by atoms with E-state index in [-0.39, 0.29) is 17.3 Å². The van der Waals surface area contributed by atoms with E-state index in [0.717, 1.165) is 5.56 Å². The van der Waals surface area contributed by atoms with E-state index in [0.29, 0.717) is 17.7 Å². The predicted octanol–water partition coefficient (Wildman–Crippen LogP) is 3.51. The van der Waals surface area contributed by atoms with Crippen molar-refractivity contribution < 1.29 is 14.5 Å². The molecule has 0 aromatic heterocycles. The number of carbonyl (C=O) groups excluding carboxylic acids is 1. The standard InChI is InChI=1S/C18H16ClN3O4/c1-2-5-14-6-3-4-7-17(14)26-12-18(23)21-20-11-13-8-9-16(22(24)25)15(19)10-13/h2-4,6-11H,1,5,12H2,(H,21,23)/b20-11-. The summed E-state index contributed by atoms with van der Waals surface area (Å²) in [4.78, 5) is 21.9. The molecule has 0 aliphatic rings. The van der Waals surface area contributed by atoms with Crippen LogP contribution in [-0.2, 0) is 11.2 Å². The molecule has 0 saturated carbocycles. The van der Waals surface area contributed by atoms with Gasteiger partial charge in [0.25, 0.3) is 11.6 Å². The van der Waals surface area contributed by atoms with Crippen LogP contribution in [0.3, 0.4) is 0 Å². The van der Waals surface area contributed by atoms with Crippen molar-refractivity contribution in [2.45, 2.75) is 6.42 Å². The number of rotatable bonds is 8. The van der Waals surface area contributed by atoms with Gasteiger partial charge in [-0.1, -0.05) is 35.9 Å². The van der Waals surface area contributed by atoms with E-state index in [1.165, 1.54) is 24.4 Å². The largest absolute Gasteiger partial charge is 0.483 e. The topological polar surface area (TPSA) is 93.8 Å². The summed E-state index contributed by atoms with van der Waals surface area (Å²) in [6, 6.07) is 11.5. The Morgan fingerprint density at radius 2 is 2.12 bits per heavy atom. The molecule has 0 atom stereocenters. The van der Waals surface area contributed by atoms with Gasteiger partial charge in [-0.2, -0.15) is 5.10 Å². The summed E-state index contributed by atoms with van der Waals surface area (Å²) in [7, 11) is 0. The van der Waals surface area contributed by atoms with Gasteiger partial charge in [0.2, 0.25) is 0 Å². The first kappa shape index (κ1) is 19.1. The van der Waals surface area contributed by atoms with Gasteiger partial charge in [-0.15, -0.1) is 6.58 Å². The number of carbonyl (C=O) groups is 1. The molecule has 0 saturated heterocycles. The van der Waals surface area contributed by atoms with E-state index < -0.39 is 10.8 Å². The molecule has 0 fully saturated rings. The number of ether oxygens (including phenoxy) is 1. The van der Waals surface area contributed by atoms with Gasteiger partial charge in [-0.25, -0.2) is 5.43 Å². The number of nitro benzene ring substituents is 1. The minimum Gasteiger partial charge on any atom is -0.483 e. The molecule has 0 unspecified atom stereocenters. The Labute approximate surface area is 155 Å². The number of nitro groups is 1. The SMILES string of the molecule is C=CCc1ccccc1OCC(=O)N/N=C\c1ccc([N+](=O)[O-])c(Cl)c1. The minimum atomic E-state index is -0.577. The molecule has 2 aromatic carbocycles. The zero-order chi connectivity index (χ0) is 18.9. The van der Waals surface area contributed by atoms with E-state index in [2.05, 4.69) is 17.1 Å². The lowest BCUT2D eigenvalue weighted by Gasteiger charge is -2.09. The number of allylic oxidation sites excluding steroid dienone is 1. The van der Waals surface area contributed by atoms with Crippen molar-refractivity contribution >= 4 is 29.4 Å². The van der Waals surface area contributed by atoms with E-state index in [1.807, 2.05) is 18.2 Å². The third kappa shape index (κ3) is 5.42. The van der Waals surface area contributed by atoms with Gasteiger partial charge in [-0.05, 0) is 35.7 Å². The van der Waals surface area contributed by atoms with Crippen molar-refractivity contribution in [1.82, 2.24) is 5.43 Å². The van der Waals surface area contributed by atoms with Crippen LogP contribution in [0.15, 0.2) is 60.2 Å². The summed E-state index contributed by atoms with van der Waals surface area (Å²) in [6.07, 6.45) is 3.72. The molecule has 0 bridgehead atoms. The number of benzene rings is 2. The van der Waals surface area contributed by atoms with Crippen molar-refractivity contribution in [2.24, 2.45) is 5.10 Å². The van der Waals surface area contributed by atoms with Crippen LogP contribution in [-0.4, -0.2) is 23.7 Å². The Kier molecular flexibility index (Phi) is 6.87. The first-order valence-corrected chi connectivity index (χ1v) is 7.96. The van der Waals surface area contributed by atoms with Crippen molar-refractivity contribution in [2.75, 3.05) is 6.61 Å². The number of hydrogen-bond donors (Lipinski definition) is 1. The third-order valence-corrected chi connectivity index (χ3v) is 3.57. The van der Waals surface area contributed by atoms with Crippen LogP contribution in [0, 0.1) is 10.1 Å². The van der Waals surface area contributed by atoms with E-state index >= 15 is 0 Å². The molecule has 1 N–H and O–H groups in total. The van der Waals surface area contributed by atoms with Crippen molar-refractivity contribution in [3.05, 3.63) is 81.4 Å². The maximum Gasteiger partial charge on any atom is 0.287 e. The lowest BCUT2D eigenvalue weighted by atomic mass is 10.1. The van der Waals surface area contributed by atoms with E-state index in [1.54, 1.807) is 12.1 Å². The quantitative estimate of drug-likeness (QED) is 0.331. The Morgan fingerprint density at radius 1 is 1.35 bits per heavy atom. The molecular weight excluding hydrogens is 358 g/mol. The maximum atomic E-state index is 11.8. The maximum absolute atomic E-state index is 11.8. The smallest absolute Gasteiger partial charge is 0.287 e. The fourth-order valence-electron chi connectivity index (χ4n) is 2.07. The van der Waals surface area contributed by atoms with Crippen molar-refractivity contribution in [1.29, 1.82) is 0 Å². The summed E-state index contributed by atoms with van der Waals surface area (Å²) in [6.45, 7) is 3.48. The molecule has 0 aliphatic carbocycles. The van der Waals surface area contributed by atoms with Gasteiger partial charge in [0, 0.05) is 6.07 Å². The highest BCUT2D eigenvalue weighted by Gasteiger charge is 2.11. The first-order valence-electron chi connectivity index (χ1n) is 7.58. The van der Waals surface area contributed by atoms with Crippen LogP contribution in [0.4, 0.5) is 5.69 Å². The average molecular weight is 374 g/mol. The lowest BCUT2D eigenvalue weighted by molar-refractivity contribution is -0.384. The fourth-order valence-corrected chi connectivity index (χ4v) is 2.33. The third-order valence-electron chi connectivity index (χ3n) is 3.27. The number of nitrogens with one attached hydrogen (secondary N) is 1. The van der Waals surface area contributed by atoms with Gasteiger partial charge >= 0.3 is 0 Å². The first-order chi connectivity index (χ1) is 12.5. The Hall–Kier alpha value is -3.19. The highest BCUT2D eigenvalue weighted by atomic mass is 35.5. The molecule has 7 nitrogen and oxygen atoms in total. The normalized spacial score (nSPS) is 10.5. The predicted molar refractivity (Wildman–Crippen MR) is 99.7 cm³/mol. The number of halogens is 1. The molecule has 0 radical (unpaired) electrons. The summed E-state index contributed by atoms with van der Waals surface area (Å²) in [5.74, 6) is 0.163. The molecule has 0 heterocycles. The summed E-state index contributed by atoms with van der Waals surface area (Å²) in [5, 5.41) is 14.5. The molecule has 26 heavy (non-hydrogen) atoms. The van der Waals surface area contributed by atoms with Crippen LogP contribution in [0.25, 0.3) is 0 Å². The van der Waals surface area contributed by atoms with Crippen molar-refractivity contribution in [3.63, 3.8) is 0 Å². The van der Waals surface area contributed by atoms with Gasteiger partial charge < -0.3 is 4.74 Å². The lowest BCUT2D eigenvalue weighted by Crippen LogP contribution is -2.24. The second kappa shape index (κ2) is 9.33. The zero-order valence-electron chi connectivity index (χ0n) is 13.7. The monoisotopic (exact) mass is 373 g/mol. The molecule has 2 rings (SSSR count). The van der Waals surface area contributed by atoms with E-state index in [9.17, 15) is 14.9 Å². The van der Waals surface area contributed by atoms with Crippen LogP contribution >= 0.6 is 11.6 Å². The Balaban J connectivity index is 1.89. The molecule has 0 aliphatic heterocycles. The summed E-state index contributed by atoms with van der Waals surface area (Å²) >= 11 is 5.81. The zero-order valence-corrected chi connectivity index (χ0v) is 14.5. The molecular formula is C18H16ClN3O4. The number of para-hydroxylation sites is 1. The van der Waals surface area contributed by atoms with Crippen LogP contribution in [0.2, 0.25) is 5.02 Å². The molecule has 1 amide bonds. The van der Waals surface area contributed by atoms with Gasteiger partial charge in [0.15, 0.2) is 6.61 Å².